The van der Waals surface area contributed by atoms with Crippen LogP contribution in [0.4, 0.5) is 0 Å². The fourth-order valence-corrected chi connectivity index (χ4v) is 3.42. The van der Waals surface area contributed by atoms with E-state index in [0.717, 1.165) is 0 Å². The van der Waals surface area contributed by atoms with E-state index < -0.39 is 11.8 Å². The molecule has 3 saturated carbocycles. The highest BCUT2D eigenvalue weighted by Crippen LogP contribution is 2.51. The number of carbonyl (C=O) groups excluding carboxylic acids is 4. The van der Waals surface area contributed by atoms with Crippen LogP contribution in [0.25, 0.3) is 0 Å². The number of carbonyl (C=O) groups is 4. The average Bonchev–Trinajstić information content (AvgIpc) is 2.63. The minimum absolute atomic E-state index is 0.0666. The Balaban J connectivity index is 2.09. The molecule has 0 aromatic heterocycles. The second kappa shape index (κ2) is 2.62. The number of hydrogen-bond donors (Lipinski definition) is 0. The van der Waals surface area contributed by atoms with Gasteiger partial charge < -0.3 is 0 Å². The van der Waals surface area contributed by atoms with E-state index in [2.05, 4.69) is 0 Å². The Labute approximate surface area is 86.0 Å². The number of Topliss-reactive ketones (excluding diaryl/α,β-unsaturated/α-hetero) is 4. The van der Waals surface area contributed by atoms with E-state index in [0.29, 0.717) is 6.42 Å². The molecule has 2 bridgehead atoms. The average molecular weight is 206 g/mol. The third-order valence-corrected chi connectivity index (χ3v) is 4.03. The van der Waals surface area contributed by atoms with Crippen LogP contribution in [0.2, 0.25) is 0 Å². The van der Waals surface area contributed by atoms with E-state index in [-0.39, 0.29) is 47.8 Å². The van der Waals surface area contributed by atoms with E-state index in [4.69, 9.17) is 0 Å². The molecule has 0 radical (unpaired) electrons. The van der Waals surface area contributed by atoms with Crippen molar-refractivity contribution >= 4 is 23.1 Å². The molecule has 0 heterocycles. The Kier molecular flexibility index (Phi) is 1.56. The molecular formula is C11H10O4. The molecule has 3 rings (SSSR count). The van der Waals surface area contributed by atoms with E-state index in [9.17, 15) is 19.2 Å². The summed E-state index contributed by atoms with van der Waals surface area (Å²) in [5.41, 5.74) is 0. The smallest absolute Gasteiger partial charge is 0.144 e. The van der Waals surface area contributed by atoms with Gasteiger partial charge in [0.15, 0.2) is 0 Å². The standard InChI is InChI=1S/C11H10O4/c12-6-2-7(13)5-1-4(6)10-8(14)3-9(15)11(5)10/h4-5,10-11H,1-3H2. The normalized spacial score (nSPS) is 43.7. The van der Waals surface area contributed by atoms with Crippen molar-refractivity contribution in [3.63, 3.8) is 0 Å². The molecule has 3 aliphatic carbocycles. The molecule has 3 fully saturated rings. The molecule has 0 spiro atoms. The van der Waals surface area contributed by atoms with Crippen molar-refractivity contribution in [2.24, 2.45) is 23.7 Å². The zero-order chi connectivity index (χ0) is 10.7. The lowest BCUT2D eigenvalue weighted by atomic mass is 9.83. The van der Waals surface area contributed by atoms with Gasteiger partial charge in [-0.25, -0.2) is 0 Å². The lowest BCUT2D eigenvalue weighted by Gasteiger charge is -2.18. The van der Waals surface area contributed by atoms with Crippen molar-refractivity contribution in [3.8, 4) is 0 Å². The van der Waals surface area contributed by atoms with Crippen molar-refractivity contribution in [2.75, 3.05) is 0 Å². The number of hydrogen-bond acceptors (Lipinski definition) is 4. The molecule has 4 nitrogen and oxygen atoms in total. The van der Waals surface area contributed by atoms with Crippen LogP contribution in [0.5, 0.6) is 0 Å². The first-order chi connectivity index (χ1) is 7.09. The van der Waals surface area contributed by atoms with Gasteiger partial charge in [0, 0.05) is 23.7 Å². The fourth-order valence-electron chi connectivity index (χ4n) is 3.42. The maximum atomic E-state index is 11.6. The van der Waals surface area contributed by atoms with Gasteiger partial charge in [-0.15, -0.1) is 0 Å². The molecule has 0 aliphatic heterocycles. The second-order valence-electron chi connectivity index (χ2n) is 4.72. The van der Waals surface area contributed by atoms with Gasteiger partial charge in [0.1, 0.15) is 23.1 Å². The molecule has 0 aromatic rings. The minimum atomic E-state index is -0.457. The second-order valence-corrected chi connectivity index (χ2v) is 4.72. The summed E-state index contributed by atoms with van der Waals surface area (Å²) < 4.78 is 0. The maximum absolute atomic E-state index is 11.6. The van der Waals surface area contributed by atoms with Gasteiger partial charge in [-0.05, 0) is 6.42 Å². The van der Waals surface area contributed by atoms with Crippen molar-refractivity contribution in [3.05, 3.63) is 0 Å². The topological polar surface area (TPSA) is 68.3 Å². The molecular weight excluding hydrogens is 196 g/mol. The van der Waals surface area contributed by atoms with Crippen molar-refractivity contribution < 1.29 is 19.2 Å². The SMILES string of the molecule is O=C1CC(=O)C2CC1C1C(=O)CC(=O)C21. The molecule has 3 aliphatic rings. The maximum Gasteiger partial charge on any atom is 0.144 e. The third-order valence-electron chi connectivity index (χ3n) is 4.03. The summed E-state index contributed by atoms with van der Waals surface area (Å²) in [4.78, 5) is 46.3. The quantitative estimate of drug-likeness (QED) is 0.520. The van der Waals surface area contributed by atoms with Crippen LogP contribution in [0.15, 0.2) is 0 Å². The highest BCUT2D eigenvalue weighted by Gasteiger charge is 2.60. The molecule has 0 saturated heterocycles. The predicted molar refractivity (Wildman–Crippen MR) is 47.8 cm³/mol. The fraction of sp³-hybridized carbons (Fsp3) is 0.636. The van der Waals surface area contributed by atoms with Crippen LogP contribution in [-0.4, -0.2) is 23.1 Å². The summed E-state index contributed by atoms with van der Waals surface area (Å²) in [5, 5.41) is 0. The lowest BCUT2D eigenvalue weighted by Crippen LogP contribution is -2.30. The molecule has 78 valence electrons. The van der Waals surface area contributed by atoms with E-state index >= 15 is 0 Å². The molecule has 15 heavy (non-hydrogen) atoms. The first-order valence-electron chi connectivity index (χ1n) is 5.20. The molecule has 4 heteroatoms. The van der Waals surface area contributed by atoms with Gasteiger partial charge in [-0.2, -0.15) is 0 Å². The monoisotopic (exact) mass is 206 g/mol. The number of rotatable bonds is 0. The van der Waals surface area contributed by atoms with Crippen molar-refractivity contribution in [1.82, 2.24) is 0 Å². The Morgan fingerprint density at radius 3 is 1.53 bits per heavy atom. The Hall–Kier alpha value is -1.32. The Morgan fingerprint density at radius 1 is 0.667 bits per heavy atom. The molecule has 0 N–H and O–H groups in total. The van der Waals surface area contributed by atoms with E-state index in [1.165, 1.54) is 0 Å². The van der Waals surface area contributed by atoms with Crippen LogP contribution in [0, 0.1) is 23.7 Å². The summed E-state index contributed by atoms with van der Waals surface area (Å²) in [6.45, 7) is 0. The van der Waals surface area contributed by atoms with Gasteiger partial charge in [0.05, 0.1) is 12.8 Å². The van der Waals surface area contributed by atoms with Crippen LogP contribution < -0.4 is 0 Å². The van der Waals surface area contributed by atoms with Gasteiger partial charge in [-0.3, -0.25) is 19.2 Å². The summed E-state index contributed by atoms with van der Waals surface area (Å²) in [6.07, 6.45) is 0.302. The lowest BCUT2D eigenvalue weighted by molar-refractivity contribution is -0.137. The van der Waals surface area contributed by atoms with Gasteiger partial charge in [-0.1, -0.05) is 0 Å². The predicted octanol–water partition coefficient (Wildman–Crippen LogP) is -0.0613. The molecule has 0 aromatic carbocycles. The Morgan fingerprint density at radius 2 is 1.07 bits per heavy atom. The van der Waals surface area contributed by atoms with E-state index in [1.807, 2.05) is 0 Å². The summed E-state index contributed by atoms with van der Waals surface area (Å²) >= 11 is 0. The van der Waals surface area contributed by atoms with Gasteiger partial charge in [0.2, 0.25) is 0 Å². The molecule has 4 atom stereocenters. The zero-order valence-electron chi connectivity index (χ0n) is 8.06. The largest absolute Gasteiger partial charge is 0.299 e. The Bertz CT molecular complexity index is 369. The van der Waals surface area contributed by atoms with Crippen molar-refractivity contribution in [2.45, 2.75) is 19.3 Å². The van der Waals surface area contributed by atoms with Gasteiger partial charge in [0.25, 0.3) is 0 Å². The third kappa shape index (κ3) is 0.967. The summed E-state index contributed by atoms with van der Waals surface area (Å²) in [5.74, 6) is -2.10. The zero-order valence-corrected chi connectivity index (χ0v) is 8.06. The first-order valence-corrected chi connectivity index (χ1v) is 5.20. The number of ketones is 4. The number of fused-ring (bicyclic) bond motifs is 5. The summed E-state index contributed by atoms with van der Waals surface area (Å²) in [7, 11) is 0. The first kappa shape index (κ1) is 8.95. The molecule has 4 unspecified atom stereocenters. The van der Waals surface area contributed by atoms with E-state index in [1.54, 1.807) is 0 Å². The van der Waals surface area contributed by atoms with Crippen LogP contribution in [0.3, 0.4) is 0 Å². The van der Waals surface area contributed by atoms with Crippen molar-refractivity contribution in [1.29, 1.82) is 0 Å². The highest BCUT2D eigenvalue weighted by molar-refractivity contribution is 6.16. The minimum Gasteiger partial charge on any atom is -0.299 e. The van der Waals surface area contributed by atoms with Gasteiger partial charge >= 0.3 is 0 Å². The van der Waals surface area contributed by atoms with Crippen LogP contribution in [0.1, 0.15) is 19.3 Å². The van der Waals surface area contributed by atoms with Crippen LogP contribution >= 0.6 is 0 Å². The van der Waals surface area contributed by atoms with Crippen LogP contribution in [-0.2, 0) is 19.2 Å². The highest BCUT2D eigenvalue weighted by atomic mass is 16.2. The summed E-state index contributed by atoms with van der Waals surface area (Å²) in [6, 6.07) is 0. The molecule has 0 amide bonds.